The van der Waals surface area contributed by atoms with E-state index in [9.17, 15) is 0 Å². The minimum atomic E-state index is -0.245. The summed E-state index contributed by atoms with van der Waals surface area (Å²) in [5.74, 6) is 0.916. The molecule has 0 aromatic carbocycles. The lowest BCUT2D eigenvalue weighted by molar-refractivity contribution is 0.625. The minimum absolute atomic E-state index is 0.245. The largest absolute Gasteiger partial charge is 0.400 e. The standard InChI is InChI=1S/C5H10N2S/c1-5(7)3-8-2-4(5)6/h2H,3,6-7H2,1H3. The topological polar surface area (TPSA) is 52.0 Å². The summed E-state index contributed by atoms with van der Waals surface area (Å²) in [5, 5.41) is 1.92. The summed E-state index contributed by atoms with van der Waals surface area (Å²) in [7, 11) is 0. The molecule has 1 aliphatic rings. The van der Waals surface area contributed by atoms with Gasteiger partial charge in [-0.05, 0) is 12.3 Å². The number of hydrogen-bond donors (Lipinski definition) is 2. The molecule has 46 valence electrons. The van der Waals surface area contributed by atoms with Crippen LogP contribution in [0.4, 0.5) is 0 Å². The highest BCUT2D eigenvalue weighted by Gasteiger charge is 2.25. The zero-order valence-corrected chi connectivity index (χ0v) is 5.66. The Morgan fingerprint density at radius 3 is 2.62 bits per heavy atom. The van der Waals surface area contributed by atoms with Crippen LogP contribution in [0.15, 0.2) is 11.1 Å². The molecule has 2 nitrogen and oxygen atoms in total. The Morgan fingerprint density at radius 2 is 2.50 bits per heavy atom. The van der Waals surface area contributed by atoms with Crippen LogP contribution in [0.25, 0.3) is 0 Å². The van der Waals surface area contributed by atoms with Crippen LogP contribution < -0.4 is 11.5 Å². The lowest BCUT2D eigenvalue weighted by atomic mass is 10.0. The van der Waals surface area contributed by atoms with Gasteiger partial charge in [0.05, 0.1) is 5.54 Å². The third-order valence-corrected chi connectivity index (χ3v) is 2.44. The Kier molecular flexibility index (Phi) is 1.25. The molecule has 1 heterocycles. The third kappa shape index (κ3) is 0.833. The molecule has 4 N–H and O–H groups in total. The summed E-state index contributed by atoms with van der Waals surface area (Å²) in [5.41, 5.74) is 11.8. The van der Waals surface area contributed by atoms with Gasteiger partial charge >= 0.3 is 0 Å². The predicted octanol–water partition coefficient (Wildman–Crippen LogP) is 0.251. The summed E-state index contributed by atoms with van der Waals surface area (Å²) in [4.78, 5) is 0. The van der Waals surface area contributed by atoms with Gasteiger partial charge in [-0.15, -0.1) is 11.8 Å². The first-order valence-corrected chi connectivity index (χ1v) is 3.54. The molecular formula is C5H10N2S. The van der Waals surface area contributed by atoms with Crippen molar-refractivity contribution < 1.29 is 0 Å². The predicted molar refractivity (Wildman–Crippen MR) is 37.3 cm³/mol. The van der Waals surface area contributed by atoms with Crippen LogP contribution >= 0.6 is 11.8 Å². The maximum atomic E-state index is 5.71. The first-order chi connectivity index (χ1) is 3.63. The van der Waals surface area contributed by atoms with Crippen LogP contribution in [0.3, 0.4) is 0 Å². The molecule has 0 saturated heterocycles. The Hall–Kier alpha value is -0.150. The molecule has 0 aromatic rings. The van der Waals surface area contributed by atoms with Crippen molar-refractivity contribution in [2.75, 3.05) is 5.75 Å². The molecule has 0 saturated carbocycles. The van der Waals surface area contributed by atoms with Crippen LogP contribution in [-0.2, 0) is 0 Å². The van der Waals surface area contributed by atoms with E-state index in [1.165, 1.54) is 0 Å². The molecule has 1 atom stereocenters. The van der Waals surface area contributed by atoms with Crippen molar-refractivity contribution in [3.63, 3.8) is 0 Å². The first-order valence-electron chi connectivity index (χ1n) is 2.49. The summed E-state index contributed by atoms with van der Waals surface area (Å²) in [6.45, 7) is 1.94. The molecule has 0 radical (unpaired) electrons. The molecule has 0 spiro atoms. The Balaban J connectivity index is 2.73. The SMILES string of the molecule is CC1(N)CSC=C1N. The molecule has 0 fully saturated rings. The van der Waals surface area contributed by atoms with E-state index < -0.39 is 0 Å². The van der Waals surface area contributed by atoms with E-state index in [1.54, 1.807) is 11.8 Å². The molecule has 3 heteroatoms. The van der Waals surface area contributed by atoms with Gasteiger partial charge in [0.25, 0.3) is 0 Å². The Morgan fingerprint density at radius 1 is 1.88 bits per heavy atom. The molecule has 0 bridgehead atoms. The number of hydrogen-bond acceptors (Lipinski definition) is 3. The zero-order valence-electron chi connectivity index (χ0n) is 4.85. The van der Waals surface area contributed by atoms with Gasteiger partial charge in [0.1, 0.15) is 0 Å². The van der Waals surface area contributed by atoms with Crippen LogP contribution in [0.1, 0.15) is 6.92 Å². The number of nitrogens with two attached hydrogens (primary N) is 2. The van der Waals surface area contributed by atoms with E-state index in [2.05, 4.69) is 0 Å². The van der Waals surface area contributed by atoms with Crippen LogP contribution in [0.5, 0.6) is 0 Å². The van der Waals surface area contributed by atoms with Gasteiger partial charge in [0.2, 0.25) is 0 Å². The van der Waals surface area contributed by atoms with E-state index >= 15 is 0 Å². The number of rotatable bonds is 0. The van der Waals surface area contributed by atoms with E-state index in [0.717, 1.165) is 11.4 Å². The van der Waals surface area contributed by atoms with Gasteiger partial charge in [0.15, 0.2) is 0 Å². The average molecular weight is 130 g/mol. The van der Waals surface area contributed by atoms with Gasteiger partial charge in [0, 0.05) is 11.4 Å². The van der Waals surface area contributed by atoms with E-state index in [1.807, 2.05) is 12.3 Å². The molecular weight excluding hydrogens is 120 g/mol. The molecule has 0 amide bonds. The van der Waals surface area contributed by atoms with E-state index in [-0.39, 0.29) is 5.54 Å². The van der Waals surface area contributed by atoms with Crippen molar-refractivity contribution in [1.82, 2.24) is 0 Å². The number of thioether (sulfide) groups is 1. The lowest BCUT2D eigenvalue weighted by Crippen LogP contribution is -2.41. The van der Waals surface area contributed by atoms with Gasteiger partial charge in [-0.2, -0.15) is 0 Å². The first kappa shape index (κ1) is 5.98. The zero-order chi connectivity index (χ0) is 6.20. The fourth-order valence-corrected chi connectivity index (χ4v) is 1.57. The highest BCUT2D eigenvalue weighted by molar-refractivity contribution is 8.02. The molecule has 1 rings (SSSR count). The van der Waals surface area contributed by atoms with Gasteiger partial charge in [-0.1, -0.05) is 0 Å². The second-order valence-electron chi connectivity index (χ2n) is 2.30. The summed E-state index contributed by atoms with van der Waals surface area (Å²) in [6.07, 6.45) is 0. The van der Waals surface area contributed by atoms with Crippen molar-refractivity contribution in [1.29, 1.82) is 0 Å². The van der Waals surface area contributed by atoms with Gasteiger partial charge in [-0.3, -0.25) is 0 Å². The highest BCUT2D eigenvalue weighted by Crippen LogP contribution is 2.25. The maximum Gasteiger partial charge on any atom is 0.0627 e. The van der Waals surface area contributed by atoms with Crippen LogP contribution in [0.2, 0.25) is 0 Å². The molecule has 1 unspecified atom stereocenters. The normalized spacial score (nSPS) is 37.5. The van der Waals surface area contributed by atoms with E-state index in [4.69, 9.17) is 11.5 Å². The fourth-order valence-electron chi connectivity index (χ4n) is 0.523. The quantitative estimate of drug-likeness (QED) is 0.494. The lowest BCUT2D eigenvalue weighted by Gasteiger charge is -2.17. The maximum absolute atomic E-state index is 5.71. The van der Waals surface area contributed by atoms with Gasteiger partial charge in [-0.25, -0.2) is 0 Å². The second kappa shape index (κ2) is 1.67. The molecule has 1 aliphatic heterocycles. The Labute approximate surface area is 53.3 Å². The molecule has 8 heavy (non-hydrogen) atoms. The summed E-state index contributed by atoms with van der Waals surface area (Å²) >= 11 is 1.68. The van der Waals surface area contributed by atoms with Crippen molar-refractivity contribution >= 4 is 11.8 Å². The molecule has 0 aromatic heterocycles. The van der Waals surface area contributed by atoms with Crippen molar-refractivity contribution in [3.05, 3.63) is 11.1 Å². The minimum Gasteiger partial charge on any atom is -0.400 e. The summed E-state index contributed by atoms with van der Waals surface area (Å²) < 4.78 is 0. The van der Waals surface area contributed by atoms with Crippen molar-refractivity contribution in [2.24, 2.45) is 11.5 Å². The van der Waals surface area contributed by atoms with Crippen LogP contribution in [0, 0.1) is 0 Å². The summed E-state index contributed by atoms with van der Waals surface area (Å²) in [6, 6.07) is 0. The molecule has 0 aliphatic carbocycles. The second-order valence-corrected chi connectivity index (χ2v) is 3.16. The monoisotopic (exact) mass is 130 g/mol. The van der Waals surface area contributed by atoms with Crippen molar-refractivity contribution in [2.45, 2.75) is 12.5 Å². The average Bonchev–Trinajstić information content (AvgIpc) is 1.86. The third-order valence-electron chi connectivity index (χ3n) is 1.25. The van der Waals surface area contributed by atoms with E-state index in [0.29, 0.717) is 0 Å². The van der Waals surface area contributed by atoms with Gasteiger partial charge < -0.3 is 11.5 Å². The fraction of sp³-hybridized carbons (Fsp3) is 0.600. The van der Waals surface area contributed by atoms with Crippen molar-refractivity contribution in [3.8, 4) is 0 Å². The Bertz CT molecular complexity index is 128. The van der Waals surface area contributed by atoms with Crippen LogP contribution in [-0.4, -0.2) is 11.3 Å². The smallest absolute Gasteiger partial charge is 0.0627 e. The highest BCUT2D eigenvalue weighted by atomic mass is 32.2.